The lowest BCUT2D eigenvalue weighted by molar-refractivity contribution is 0.0680. The van der Waals surface area contributed by atoms with Gasteiger partial charge in [0, 0.05) is 6.54 Å². The summed E-state index contributed by atoms with van der Waals surface area (Å²) in [6, 6.07) is 0. The van der Waals surface area contributed by atoms with Crippen LogP contribution < -0.4 is 5.73 Å². The Morgan fingerprint density at radius 2 is 1.03 bits per heavy atom. The standard InChI is InChI=1S/C23H53NO3Si3/c1-21(2,3)28(10,11)25-17-16-19(26-29(12,13)22(4,5)6)20(18-24)27-30(14,15)23(7,8)9/h16-17,19-20H,18,24H2,1-15H3/b17-16+/t19-,20+/m0/s1. The predicted octanol–water partition coefficient (Wildman–Crippen LogP) is 7.26. The second-order valence-electron chi connectivity index (χ2n) is 13.2. The van der Waals surface area contributed by atoms with Crippen molar-refractivity contribution < 1.29 is 13.3 Å². The van der Waals surface area contributed by atoms with Crippen molar-refractivity contribution in [1.29, 1.82) is 0 Å². The van der Waals surface area contributed by atoms with E-state index >= 15 is 0 Å². The zero-order chi connectivity index (χ0) is 24.4. The van der Waals surface area contributed by atoms with Gasteiger partial charge in [-0.3, -0.25) is 0 Å². The van der Waals surface area contributed by atoms with E-state index in [1.54, 1.807) is 0 Å². The van der Waals surface area contributed by atoms with Gasteiger partial charge in [-0.15, -0.1) is 0 Å². The first-order valence-corrected chi connectivity index (χ1v) is 20.1. The van der Waals surface area contributed by atoms with Crippen LogP contribution in [0.3, 0.4) is 0 Å². The van der Waals surface area contributed by atoms with Gasteiger partial charge in [0.05, 0.1) is 18.5 Å². The fourth-order valence-electron chi connectivity index (χ4n) is 2.02. The van der Waals surface area contributed by atoms with Crippen molar-refractivity contribution in [3.8, 4) is 0 Å². The Hall–Kier alpha value is 0.0706. The highest BCUT2D eigenvalue weighted by Gasteiger charge is 2.44. The van der Waals surface area contributed by atoms with E-state index in [-0.39, 0.29) is 27.3 Å². The maximum absolute atomic E-state index is 6.82. The maximum atomic E-state index is 6.82. The molecule has 0 aromatic rings. The van der Waals surface area contributed by atoms with Crippen LogP contribution in [0, 0.1) is 0 Å². The van der Waals surface area contributed by atoms with E-state index in [2.05, 4.69) is 108 Å². The van der Waals surface area contributed by atoms with Gasteiger partial charge in [0.15, 0.2) is 16.6 Å². The molecule has 4 nitrogen and oxygen atoms in total. The molecule has 0 saturated carbocycles. The normalized spacial score (nSPS) is 17.3. The van der Waals surface area contributed by atoms with Gasteiger partial charge in [0.25, 0.3) is 0 Å². The highest BCUT2D eigenvalue weighted by atomic mass is 28.4. The molecule has 2 N–H and O–H groups in total. The maximum Gasteiger partial charge on any atom is 0.249 e. The smallest absolute Gasteiger partial charge is 0.249 e. The fraction of sp³-hybridized carbons (Fsp3) is 0.913. The largest absolute Gasteiger partial charge is 0.549 e. The van der Waals surface area contributed by atoms with Crippen molar-refractivity contribution in [3.05, 3.63) is 12.3 Å². The topological polar surface area (TPSA) is 53.7 Å². The molecule has 0 saturated heterocycles. The van der Waals surface area contributed by atoms with Gasteiger partial charge in [-0.05, 0) is 60.5 Å². The summed E-state index contributed by atoms with van der Waals surface area (Å²) in [5.41, 5.74) is 6.25. The van der Waals surface area contributed by atoms with Crippen molar-refractivity contribution >= 4 is 25.0 Å². The van der Waals surface area contributed by atoms with Gasteiger partial charge in [-0.1, -0.05) is 62.3 Å². The molecule has 0 aliphatic carbocycles. The zero-order valence-corrected chi connectivity index (χ0v) is 25.8. The van der Waals surface area contributed by atoms with Crippen LogP contribution in [0.5, 0.6) is 0 Å². The molecule has 0 bridgehead atoms. The lowest BCUT2D eigenvalue weighted by Gasteiger charge is -2.44. The highest BCUT2D eigenvalue weighted by Crippen LogP contribution is 2.41. The first-order valence-electron chi connectivity index (χ1n) is 11.4. The fourth-order valence-corrected chi connectivity index (χ4v) is 5.40. The SMILES string of the molecule is CC(C)(C)[Si](C)(C)O/C=C/[C@H](O[Si](C)(C)C(C)(C)C)[C@@H](CN)O[Si](C)(C)C(C)(C)C. The van der Waals surface area contributed by atoms with Crippen LogP contribution in [0.25, 0.3) is 0 Å². The summed E-state index contributed by atoms with van der Waals surface area (Å²) in [7, 11) is -5.89. The molecule has 0 spiro atoms. The lowest BCUT2D eigenvalue weighted by Crippen LogP contribution is -2.53. The van der Waals surface area contributed by atoms with Crippen molar-refractivity contribution in [2.75, 3.05) is 6.54 Å². The minimum atomic E-state index is -2.02. The molecule has 0 aromatic carbocycles. The molecule has 0 aromatic heterocycles. The van der Waals surface area contributed by atoms with Crippen molar-refractivity contribution in [2.45, 2.75) is 129 Å². The second kappa shape index (κ2) is 9.91. The third-order valence-electron chi connectivity index (χ3n) is 7.52. The quantitative estimate of drug-likeness (QED) is 0.281. The van der Waals surface area contributed by atoms with Gasteiger partial charge >= 0.3 is 0 Å². The third kappa shape index (κ3) is 8.21. The lowest BCUT2D eigenvalue weighted by atomic mass is 10.2. The van der Waals surface area contributed by atoms with Gasteiger partial charge in [0.2, 0.25) is 8.32 Å². The first kappa shape index (κ1) is 30.1. The Morgan fingerprint density at radius 3 is 1.37 bits per heavy atom. The van der Waals surface area contributed by atoms with E-state index in [0.717, 1.165) is 0 Å². The van der Waals surface area contributed by atoms with Crippen molar-refractivity contribution in [3.63, 3.8) is 0 Å². The Labute approximate surface area is 191 Å². The van der Waals surface area contributed by atoms with Crippen LogP contribution in [0.15, 0.2) is 12.3 Å². The van der Waals surface area contributed by atoms with E-state index in [9.17, 15) is 0 Å². The summed E-state index contributed by atoms with van der Waals surface area (Å²) in [5, 5.41) is 0.372. The average molecular weight is 476 g/mol. The van der Waals surface area contributed by atoms with Crippen LogP contribution in [0.1, 0.15) is 62.3 Å². The predicted molar refractivity (Wildman–Crippen MR) is 141 cm³/mol. The summed E-state index contributed by atoms with van der Waals surface area (Å²) in [5.74, 6) is 0. The van der Waals surface area contributed by atoms with E-state index in [1.165, 1.54) is 0 Å². The summed E-state index contributed by atoms with van der Waals surface area (Å²) >= 11 is 0. The molecule has 0 unspecified atom stereocenters. The molecule has 2 atom stereocenters. The van der Waals surface area contributed by atoms with E-state index < -0.39 is 25.0 Å². The Kier molecular flexibility index (Phi) is 9.94. The summed E-state index contributed by atoms with van der Waals surface area (Å²) in [6.07, 6.45) is 3.53. The summed E-state index contributed by atoms with van der Waals surface area (Å²) in [4.78, 5) is 0. The van der Waals surface area contributed by atoms with Gasteiger partial charge in [-0.25, -0.2) is 0 Å². The number of hydrogen-bond donors (Lipinski definition) is 1. The molecular formula is C23H53NO3Si3. The van der Waals surface area contributed by atoms with E-state index in [0.29, 0.717) is 6.54 Å². The molecule has 0 amide bonds. The van der Waals surface area contributed by atoms with Crippen LogP contribution in [0.2, 0.25) is 54.4 Å². The minimum absolute atomic E-state index is 0.107. The number of nitrogens with two attached hydrogens (primary N) is 1. The molecule has 180 valence electrons. The van der Waals surface area contributed by atoms with Crippen molar-refractivity contribution in [1.82, 2.24) is 0 Å². The minimum Gasteiger partial charge on any atom is -0.549 e. The highest BCUT2D eigenvalue weighted by molar-refractivity contribution is 6.75. The Bertz CT molecular complexity index is 568. The molecule has 0 rings (SSSR count). The van der Waals surface area contributed by atoms with E-state index in [1.807, 2.05) is 6.26 Å². The molecule has 7 heteroatoms. The molecule has 0 fully saturated rings. The second-order valence-corrected chi connectivity index (χ2v) is 27.5. The van der Waals surface area contributed by atoms with Crippen LogP contribution in [-0.2, 0) is 13.3 Å². The molecule has 0 heterocycles. The molecule has 0 aliphatic heterocycles. The average Bonchev–Trinajstić information content (AvgIpc) is 2.48. The molecular weight excluding hydrogens is 423 g/mol. The van der Waals surface area contributed by atoms with Crippen LogP contribution >= 0.6 is 0 Å². The number of rotatable bonds is 9. The van der Waals surface area contributed by atoms with Crippen LogP contribution in [-0.4, -0.2) is 43.7 Å². The van der Waals surface area contributed by atoms with Crippen molar-refractivity contribution in [2.24, 2.45) is 5.73 Å². The Morgan fingerprint density at radius 1 is 0.667 bits per heavy atom. The van der Waals surface area contributed by atoms with Gasteiger partial charge < -0.3 is 19.0 Å². The third-order valence-corrected chi connectivity index (χ3v) is 20.8. The first-order chi connectivity index (χ1) is 13.0. The molecule has 0 radical (unpaired) electrons. The zero-order valence-electron chi connectivity index (χ0n) is 22.8. The summed E-state index contributed by atoms with van der Waals surface area (Å²) < 4.78 is 19.9. The monoisotopic (exact) mass is 475 g/mol. The molecule has 30 heavy (non-hydrogen) atoms. The van der Waals surface area contributed by atoms with Gasteiger partial charge in [0.1, 0.15) is 0 Å². The van der Waals surface area contributed by atoms with Crippen LogP contribution in [0.4, 0.5) is 0 Å². The number of hydrogen-bond acceptors (Lipinski definition) is 4. The van der Waals surface area contributed by atoms with Gasteiger partial charge in [-0.2, -0.15) is 0 Å². The summed E-state index contributed by atoms with van der Waals surface area (Å²) in [6.45, 7) is 34.4. The molecule has 0 aliphatic rings. The van der Waals surface area contributed by atoms with E-state index in [4.69, 9.17) is 19.0 Å². The Balaban J connectivity index is 5.91.